The molecule has 1 heterocycles. The van der Waals surface area contributed by atoms with Gasteiger partial charge in [0.1, 0.15) is 0 Å². The van der Waals surface area contributed by atoms with Gasteiger partial charge in [-0.3, -0.25) is 9.69 Å². The highest BCUT2D eigenvalue weighted by Gasteiger charge is 2.32. The molecule has 0 aromatic carbocycles. The van der Waals surface area contributed by atoms with Gasteiger partial charge in [0.05, 0.1) is 11.8 Å². The SMILES string of the molecule is CN1C[C@@H](S)C[C@H]1C(=O)NCCS(=O)(=O)N(C)C. The third kappa shape index (κ3) is 4.11. The fourth-order valence-electron chi connectivity index (χ4n) is 1.88. The molecule has 2 atom stereocenters. The molecule has 1 fully saturated rings. The topological polar surface area (TPSA) is 69.7 Å². The van der Waals surface area contributed by atoms with Gasteiger partial charge in [0.2, 0.25) is 15.9 Å². The number of hydrogen-bond acceptors (Lipinski definition) is 5. The summed E-state index contributed by atoms with van der Waals surface area (Å²) in [5.74, 6) is -0.199. The fourth-order valence-corrected chi connectivity index (χ4v) is 3.07. The molecule has 0 spiro atoms. The molecule has 18 heavy (non-hydrogen) atoms. The molecule has 1 aliphatic rings. The van der Waals surface area contributed by atoms with Crippen molar-refractivity contribution in [2.24, 2.45) is 0 Å². The van der Waals surface area contributed by atoms with Gasteiger partial charge in [0, 0.05) is 32.4 Å². The first kappa shape index (κ1) is 15.7. The van der Waals surface area contributed by atoms with E-state index in [-0.39, 0.29) is 29.5 Å². The predicted octanol–water partition coefficient (Wildman–Crippen LogP) is -1.00. The molecule has 0 radical (unpaired) electrons. The lowest BCUT2D eigenvalue weighted by atomic mass is 10.2. The normalized spacial score (nSPS) is 25.6. The van der Waals surface area contributed by atoms with Gasteiger partial charge in [-0.1, -0.05) is 0 Å². The number of thiol groups is 1. The van der Waals surface area contributed by atoms with Crippen molar-refractivity contribution >= 4 is 28.6 Å². The Balaban J connectivity index is 2.39. The first-order valence-electron chi connectivity index (χ1n) is 5.80. The van der Waals surface area contributed by atoms with E-state index >= 15 is 0 Å². The molecule has 1 amide bonds. The second-order valence-electron chi connectivity index (χ2n) is 4.73. The van der Waals surface area contributed by atoms with Crippen molar-refractivity contribution in [1.29, 1.82) is 0 Å². The summed E-state index contributed by atoms with van der Waals surface area (Å²) in [5.41, 5.74) is 0. The molecule has 1 rings (SSSR count). The van der Waals surface area contributed by atoms with E-state index in [1.807, 2.05) is 11.9 Å². The van der Waals surface area contributed by atoms with E-state index in [4.69, 9.17) is 0 Å². The Morgan fingerprint density at radius 1 is 1.50 bits per heavy atom. The van der Waals surface area contributed by atoms with E-state index in [0.717, 1.165) is 10.8 Å². The Morgan fingerprint density at radius 2 is 2.11 bits per heavy atom. The highest BCUT2D eigenvalue weighted by Crippen LogP contribution is 2.19. The Labute approximate surface area is 114 Å². The molecule has 0 unspecified atom stereocenters. The minimum absolute atomic E-state index is 0.0769. The maximum absolute atomic E-state index is 11.9. The van der Waals surface area contributed by atoms with Crippen molar-refractivity contribution in [1.82, 2.24) is 14.5 Å². The minimum Gasteiger partial charge on any atom is -0.354 e. The van der Waals surface area contributed by atoms with E-state index in [9.17, 15) is 13.2 Å². The summed E-state index contributed by atoms with van der Waals surface area (Å²) in [7, 11) is 1.58. The highest BCUT2D eigenvalue weighted by atomic mass is 32.2. The van der Waals surface area contributed by atoms with E-state index in [1.165, 1.54) is 14.1 Å². The van der Waals surface area contributed by atoms with Crippen molar-refractivity contribution in [2.75, 3.05) is 40.0 Å². The van der Waals surface area contributed by atoms with Crippen LogP contribution in [0.5, 0.6) is 0 Å². The largest absolute Gasteiger partial charge is 0.354 e. The molecule has 1 N–H and O–H groups in total. The Morgan fingerprint density at radius 3 is 2.56 bits per heavy atom. The van der Waals surface area contributed by atoms with E-state index < -0.39 is 10.0 Å². The van der Waals surface area contributed by atoms with E-state index in [1.54, 1.807) is 0 Å². The summed E-state index contributed by atoms with van der Waals surface area (Å²) < 4.78 is 24.2. The third-order valence-electron chi connectivity index (χ3n) is 3.04. The summed E-state index contributed by atoms with van der Waals surface area (Å²) in [4.78, 5) is 13.8. The fraction of sp³-hybridized carbons (Fsp3) is 0.900. The van der Waals surface area contributed by atoms with Gasteiger partial charge in [0.25, 0.3) is 0 Å². The van der Waals surface area contributed by atoms with Crippen LogP contribution >= 0.6 is 12.6 Å². The number of likely N-dealkylation sites (tertiary alicyclic amines) is 1. The van der Waals surface area contributed by atoms with Gasteiger partial charge < -0.3 is 5.32 Å². The summed E-state index contributed by atoms with van der Waals surface area (Å²) in [5, 5.41) is 2.87. The van der Waals surface area contributed by atoms with Crippen molar-refractivity contribution in [2.45, 2.75) is 17.7 Å². The molecule has 8 heteroatoms. The van der Waals surface area contributed by atoms with Crippen molar-refractivity contribution in [3.05, 3.63) is 0 Å². The third-order valence-corrected chi connectivity index (χ3v) is 5.25. The number of carbonyl (C=O) groups excluding carboxylic acids is 1. The molecule has 0 aromatic heterocycles. The number of likely N-dealkylation sites (N-methyl/N-ethyl adjacent to an activating group) is 1. The van der Waals surface area contributed by atoms with Crippen LogP contribution in [0.2, 0.25) is 0 Å². The second kappa shape index (κ2) is 6.23. The van der Waals surface area contributed by atoms with E-state index in [0.29, 0.717) is 6.42 Å². The van der Waals surface area contributed by atoms with Crippen molar-refractivity contribution in [3.63, 3.8) is 0 Å². The Bertz CT molecular complexity index is 397. The average molecular weight is 295 g/mol. The van der Waals surface area contributed by atoms with Gasteiger partial charge in [0.15, 0.2) is 0 Å². The van der Waals surface area contributed by atoms with Crippen molar-refractivity contribution < 1.29 is 13.2 Å². The van der Waals surface area contributed by atoms with Crippen LogP contribution in [0.1, 0.15) is 6.42 Å². The summed E-state index contributed by atoms with van der Waals surface area (Å²) in [6.45, 7) is 0.915. The molecule has 6 nitrogen and oxygen atoms in total. The number of sulfonamides is 1. The molecule has 0 bridgehead atoms. The number of carbonyl (C=O) groups is 1. The van der Waals surface area contributed by atoms with Gasteiger partial charge in [-0.05, 0) is 13.5 Å². The van der Waals surface area contributed by atoms with Gasteiger partial charge in [-0.15, -0.1) is 0 Å². The van der Waals surface area contributed by atoms with Gasteiger partial charge >= 0.3 is 0 Å². The molecule has 1 saturated heterocycles. The summed E-state index contributed by atoms with van der Waals surface area (Å²) in [6, 6.07) is -0.199. The van der Waals surface area contributed by atoms with Crippen LogP contribution < -0.4 is 5.32 Å². The molecule has 0 aliphatic carbocycles. The van der Waals surface area contributed by atoms with Gasteiger partial charge in [-0.2, -0.15) is 12.6 Å². The average Bonchev–Trinajstić information content (AvgIpc) is 2.57. The highest BCUT2D eigenvalue weighted by molar-refractivity contribution is 7.89. The standard InChI is InChI=1S/C10H21N3O3S2/c1-12(2)18(15,16)5-4-11-10(14)9-6-8(17)7-13(9)3/h8-9,17H,4-7H2,1-3H3,(H,11,14)/t8-,9-/m0/s1. The first-order valence-corrected chi connectivity index (χ1v) is 7.93. The van der Waals surface area contributed by atoms with Crippen molar-refractivity contribution in [3.8, 4) is 0 Å². The maximum Gasteiger partial charge on any atom is 0.237 e. The number of hydrogen-bond donors (Lipinski definition) is 2. The lowest BCUT2D eigenvalue weighted by Crippen LogP contribution is -2.43. The van der Waals surface area contributed by atoms with Crippen LogP contribution in [0.25, 0.3) is 0 Å². The molecule has 0 aromatic rings. The van der Waals surface area contributed by atoms with Crippen LogP contribution in [0.15, 0.2) is 0 Å². The van der Waals surface area contributed by atoms with Crippen LogP contribution in [0, 0.1) is 0 Å². The van der Waals surface area contributed by atoms with Crippen LogP contribution in [-0.2, 0) is 14.8 Å². The van der Waals surface area contributed by atoms with Crippen LogP contribution in [0.4, 0.5) is 0 Å². The maximum atomic E-state index is 11.9. The molecular weight excluding hydrogens is 274 g/mol. The molecule has 1 aliphatic heterocycles. The number of amides is 1. The smallest absolute Gasteiger partial charge is 0.237 e. The van der Waals surface area contributed by atoms with Crippen LogP contribution in [0.3, 0.4) is 0 Å². The summed E-state index contributed by atoms with van der Waals surface area (Å²) in [6.07, 6.45) is 0.700. The minimum atomic E-state index is -3.25. The number of nitrogens with zero attached hydrogens (tertiary/aromatic N) is 2. The Hall–Kier alpha value is -0.310. The molecule has 106 valence electrons. The number of nitrogens with one attached hydrogen (secondary N) is 1. The lowest BCUT2D eigenvalue weighted by Gasteiger charge is -2.18. The number of rotatable bonds is 5. The zero-order valence-corrected chi connectivity index (χ0v) is 12.7. The first-order chi connectivity index (χ1) is 8.24. The predicted molar refractivity (Wildman–Crippen MR) is 74.3 cm³/mol. The second-order valence-corrected chi connectivity index (χ2v) is 7.77. The monoisotopic (exact) mass is 295 g/mol. The van der Waals surface area contributed by atoms with Crippen LogP contribution in [-0.4, -0.2) is 74.8 Å². The summed E-state index contributed by atoms with van der Waals surface area (Å²) >= 11 is 4.35. The zero-order chi connectivity index (χ0) is 13.9. The molecule has 0 saturated carbocycles. The Kier molecular flexibility index (Phi) is 5.45. The quantitative estimate of drug-likeness (QED) is 0.638. The van der Waals surface area contributed by atoms with E-state index in [2.05, 4.69) is 17.9 Å². The lowest BCUT2D eigenvalue weighted by molar-refractivity contribution is -0.124. The van der Waals surface area contributed by atoms with Gasteiger partial charge in [-0.25, -0.2) is 12.7 Å². The molecular formula is C10H21N3O3S2. The zero-order valence-electron chi connectivity index (χ0n) is 11.0.